The van der Waals surface area contributed by atoms with Crippen molar-refractivity contribution in [2.24, 2.45) is 0 Å². The molecule has 0 atom stereocenters. The molecule has 1 aromatic rings. The van der Waals surface area contributed by atoms with E-state index in [-0.39, 0.29) is 5.91 Å². The second-order valence-electron chi connectivity index (χ2n) is 2.84. The van der Waals surface area contributed by atoms with E-state index >= 15 is 0 Å². The van der Waals surface area contributed by atoms with Crippen LogP contribution >= 0.6 is 0 Å². The standard InChI is InChI=1S/C10H9NO2/c1-6-8-5-7(13-2)3-4-9(8)11-10(6)12/h3-5H,1H2,2H3,(H,11,12). The van der Waals surface area contributed by atoms with E-state index in [1.165, 1.54) is 0 Å². The Balaban J connectivity index is 2.54. The number of nitrogens with one attached hydrogen (secondary N) is 1. The number of benzene rings is 1. The summed E-state index contributed by atoms with van der Waals surface area (Å²) in [5, 5.41) is 2.70. The van der Waals surface area contributed by atoms with Gasteiger partial charge in [-0.15, -0.1) is 0 Å². The molecular formula is C10H9NO2. The minimum Gasteiger partial charge on any atom is -0.497 e. The highest BCUT2D eigenvalue weighted by molar-refractivity contribution is 6.31. The van der Waals surface area contributed by atoms with Crippen LogP contribution in [0.4, 0.5) is 5.69 Å². The molecule has 13 heavy (non-hydrogen) atoms. The maximum atomic E-state index is 11.2. The third kappa shape index (κ3) is 1.09. The molecule has 3 nitrogen and oxygen atoms in total. The Labute approximate surface area is 76.0 Å². The van der Waals surface area contributed by atoms with Gasteiger partial charge in [-0.3, -0.25) is 4.79 Å². The quantitative estimate of drug-likeness (QED) is 0.659. The predicted molar refractivity (Wildman–Crippen MR) is 50.7 cm³/mol. The minimum absolute atomic E-state index is 0.136. The number of methoxy groups -OCH3 is 1. The van der Waals surface area contributed by atoms with Crippen molar-refractivity contribution in [3.63, 3.8) is 0 Å². The molecule has 0 saturated heterocycles. The molecule has 0 aliphatic carbocycles. The van der Waals surface area contributed by atoms with Gasteiger partial charge >= 0.3 is 0 Å². The van der Waals surface area contributed by atoms with Gasteiger partial charge in [0.15, 0.2) is 0 Å². The van der Waals surface area contributed by atoms with Gasteiger partial charge in [-0.05, 0) is 18.2 Å². The molecule has 0 aromatic heterocycles. The fourth-order valence-electron chi connectivity index (χ4n) is 1.33. The van der Waals surface area contributed by atoms with Crippen LogP contribution in [0, 0.1) is 0 Å². The number of amides is 1. The van der Waals surface area contributed by atoms with E-state index in [4.69, 9.17) is 4.74 Å². The third-order valence-electron chi connectivity index (χ3n) is 2.07. The van der Waals surface area contributed by atoms with E-state index in [1.807, 2.05) is 6.07 Å². The molecule has 1 aliphatic heterocycles. The molecule has 1 aliphatic rings. The smallest absolute Gasteiger partial charge is 0.255 e. The number of ether oxygens (including phenoxy) is 1. The number of hydrogen-bond acceptors (Lipinski definition) is 2. The van der Waals surface area contributed by atoms with Crippen LogP contribution in [-0.2, 0) is 4.79 Å². The van der Waals surface area contributed by atoms with Gasteiger partial charge in [-0.25, -0.2) is 0 Å². The average Bonchev–Trinajstić information content (AvgIpc) is 2.43. The zero-order valence-corrected chi connectivity index (χ0v) is 7.26. The van der Waals surface area contributed by atoms with Gasteiger partial charge in [0.2, 0.25) is 0 Å². The topological polar surface area (TPSA) is 38.3 Å². The highest BCUT2D eigenvalue weighted by Gasteiger charge is 2.22. The molecule has 0 bridgehead atoms. The third-order valence-corrected chi connectivity index (χ3v) is 2.07. The fraction of sp³-hybridized carbons (Fsp3) is 0.100. The Morgan fingerprint density at radius 2 is 2.23 bits per heavy atom. The van der Waals surface area contributed by atoms with Crippen molar-refractivity contribution in [1.82, 2.24) is 0 Å². The monoisotopic (exact) mass is 175 g/mol. The van der Waals surface area contributed by atoms with Gasteiger partial charge in [0.25, 0.3) is 5.91 Å². The number of carbonyl (C=O) groups excluding carboxylic acids is 1. The minimum atomic E-state index is -0.136. The molecule has 0 spiro atoms. The average molecular weight is 175 g/mol. The zero-order chi connectivity index (χ0) is 9.42. The second kappa shape index (κ2) is 2.62. The van der Waals surface area contributed by atoms with Crippen LogP contribution in [-0.4, -0.2) is 13.0 Å². The number of fused-ring (bicyclic) bond motifs is 1. The molecule has 66 valence electrons. The summed E-state index contributed by atoms with van der Waals surface area (Å²) in [5.41, 5.74) is 2.12. The maximum Gasteiger partial charge on any atom is 0.255 e. The lowest BCUT2D eigenvalue weighted by molar-refractivity contribution is -0.110. The van der Waals surface area contributed by atoms with Crippen LogP contribution in [0.3, 0.4) is 0 Å². The lowest BCUT2D eigenvalue weighted by Crippen LogP contribution is -2.02. The highest BCUT2D eigenvalue weighted by Crippen LogP contribution is 2.33. The second-order valence-corrected chi connectivity index (χ2v) is 2.84. The van der Waals surface area contributed by atoms with Crippen LogP contribution in [0.2, 0.25) is 0 Å². The lowest BCUT2D eigenvalue weighted by atomic mass is 10.1. The first kappa shape index (κ1) is 7.86. The molecule has 1 amide bonds. The summed E-state index contributed by atoms with van der Waals surface area (Å²) in [6.45, 7) is 3.68. The van der Waals surface area contributed by atoms with Gasteiger partial charge < -0.3 is 10.1 Å². The van der Waals surface area contributed by atoms with Crippen molar-refractivity contribution >= 4 is 17.2 Å². The van der Waals surface area contributed by atoms with Crippen LogP contribution in [0.1, 0.15) is 5.56 Å². The number of carbonyl (C=O) groups is 1. The number of rotatable bonds is 1. The van der Waals surface area contributed by atoms with E-state index < -0.39 is 0 Å². The largest absolute Gasteiger partial charge is 0.497 e. The summed E-state index contributed by atoms with van der Waals surface area (Å²) in [6, 6.07) is 5.41. The van der Waals surface area contributed by atoms with E-state index in [1.54, 1.807) is 19.2 Å². The van der Waals surface area contributed by atoms with Crippen molar-refractivity contribution in [3.05, 3.63) is 30.3 Å². The van der Waals surface area contributed by atoms with Crippen molar-refractivity contribution in [2.75, 3.05) is 12.4 Å². The van der Waals surface area contributed by atoms with Crippen molar-refractivity contribution < 1.29 is 9.53 Å². The lowest BCUT2D eigenvalue weighted by Gasteiger charge is -2.01. The Hall–Kier alpha value is -1.77. The molecule has 1 aromatic carbocycles. The fourth-order valence-corrected chi connectivity index (χ4v) is 1.33. The summed E-state index contributed by atoms with van der Waals surface area (Å²) in [7, 11) is 1.59. The van der Waals surface area contributed by atoms with Crippen LogP contribution in [0.15, 0.2) is 24.8 Å². The Bertz CT molecular complexity index is 396. The molecule has 2 rings (SSSR count). The van der Waals surface area contributed by atoms with Crippen LogP contribution in [0.25, 0.3) is 5.57 Å². The maximum absolute atomic E-state index is 11.2. The number of hydrogen-bond donors (Lipinski definition) is 1. The van der Waals surface area contributed by atoms with Gasteiger partial charge in [0, 0.05) is 16.8 Å². The van der Waals surface area contributed by atoms with Crippen LogP contribution < -0.4 is 10.1 Å². The molecular weight excluding hydrogens is 166 g/mol. The Morgan fingerprint density at radius 1 is 1.46 bits per heavy atom. The van der Waals surface area contributed by atoms with Crippen molar-refractivity contribution in [1.29, 1.82) is 0 Å². The van der Waals surface area contributed by atoms with Gasteiger partial charge in [0.1, 0.15) is 5.75 Å². The molecule has 1 N–H and O–H groups in total. The van der Waals surface area contributed by atoms with Crippen molar-refractivity contribution in [2.45, 2.75) is 0 Å². The Morgan fingerprint density at radius 3 is 2.92 bits per heavy atom. The Kier molecular flexibility index (Phi) is 1.59. The molecule has 1 heterocycles. The summed E-state index contributed by atoms with van der Waals surface area (Å²) in [5.74, 6) is 0.597. The zero-order valence-electron chi connectivity index (χ0n) is 7.26. The predicted octanol–water partition coefficient (Wildman–Crippen LogP) is 1.66. The van der Waals surface area contributed by atoms with Crippen molar-refractivity contribution in [3.8, 4) is 5.75 Å². The molecule has 0 saturated carbocycles. The first-order valence-electron chi connectivity index (χ1n) is 3.91. The van der Waals surface area contributed by atoms with E-state index in [0.29, 0.717) is 5.57 Å². The van der Waals surface area contributed by atoms with Gasteiger partial charge in [-0.2, -0.15) is 0 Å². The van der Waals surface area contributed by atoms with E-state index in [2.05, 4.69) is 11.9 Å². The molecule has 0 unspecified atom stereocenters. The molecule has 0 radical (unpaired) electrons. The molecule has 3 heteroatoms. The highest BCUT2D eigenvalue weighted by atomic mass is 16.5. The first-order valence-corrected chi connectivity index (χ1v) is 3.91. The number of anilines is 1. The van der Waals surface area contributed by atoms with Gasteiger partial charge in [-0.1, -0.05) is 6.58 Å². The summed E-state index contributed by atoms with van der Waals surface area (Å²) < 4.78 is 5.04. The SMILES string of the molecule is C=C1C(=O)Nc2ccc(OC)cc21. The van der Waals surface area contributed by atoms with Crippen LogP contribution in [0.5, 0.6) is 5.75 Å². The van der Waals surface area contributed by atoms with E-state index in [0.717, 1.165) is 17.0 Å². The summed E-state index contributed by atoms with van der Waals surface area (Å²) in [6.07, 6.45) is 0. The molecule has 0 fully saturated rings. The summed E-state index contributed by atoms with van der Waals surface area (Å²) in [4.78, 5) is 11.2. The summed E-state index contributed by atoms with van der Waals surface area (Å²) >= 11 is 0. The first-order chi connectivity index (χ1) is 6.22. The van der Waals surface area contributed by atoms with E-state index in [9.17, 15) is 4.79 Å². The normalized spacial score (nSPS) is 13.9. The van der Waals surface area contributed by atoms with Gasteiger partial charge in [0.05, 0.1) is 7.11 Å².